The number of amides is 3. The van der Waals surface area contributed by atoms with Crippen LogP contribution in [0.15, 0.2) is 48.5 Å². The fourth-order valence-electron chi connectivity index (χ4n) is 6.48. The van der Waals surface area contributed by atoms with Gasteiger partial charge in [-0.1, -0.05) is 63.7 Å². The number of hydrogen-bond donors (Lipinski definition) is 3. The third-order valence-corrected chi connectivity index (χ3v) is 12.3. The minimum absolute atomic E-state index is 0.0305. The van der Waals surface area contributed by atoms with Crippen molar-refractivity contribution in [2.75, 3.05) is 11.9 Å². The molecule has 50 heavy (non-hydrogen) atoms. The number of benzene rings is 2. The Balaban J connectivity index is 1.28. The number of nitrogens with one attached hydrogen (secondary N) is 3. The van der Waals surface area contributed by atoms with Crippen molar-refractivity contribution in [2.24, 2.45) is 11.3 Å². The lowest BCUT2D eigenvalue weighted by atomic mass is 9.85. The first kappa shape index (κ1) is 35.9. The van der Waals surface area contributed by atoms with Gasteiger partial charge in [0.15, 0.2) is 0 Å². The van der Waals surface area contributed by atoms with E-state index in [1.54, 1.807) is 20.8 Å². The summed E-state index contributed by atoms with van der Waals surface area (Å²) in [4.78, 5) is 47.9. The van der Waals surface area contributed by atoms with E-state index in [1.807, 2.05) is 31.2 Å². The molecular weight excluding hydrogens is 696 g/mol. The van der Waals surface area contributed by atoms with Gasteiger partial charge in [-0.3, -0.25) is 19.1 Å². The van der Waals surface area contributed by atoms with Crippen LogP contribution in [0.25, 0.3) is 10.2 Å². The molecule has 2 heterocycles. The molecule has 1 aromatic heterocycles. The summed E-state index contributed by atoms with van der Waals surface area (Å²) in [6.45, 7) is 7.06. The molecule has 2 aliphatic carbocycles. The standard InChI is InChI=1S/C34H40F3N5O6S2/c1-5-19-17-33(19,30(45)41-50(46,47)23-13-14-23)40-28(43)25-16-22(48-31-39-24-11-6-7-12-26(24)49-31)18-42(25)29(44)27(32(2,3)4)38-21-10-8-9-20(15-21)34(35,36)37/h6-12,15,19,22-23,25,27,38H,5,13-14,16-18H2,1-4H3,(H,40,43)(H,41,45)/t19-,22?,25+,27-,33-/m1/s1. The predicted molar refractivity (Wildman–Crippen MR) is 182 cm³/mol. The van der Waals surface area contributed by atoms with Crippen LogP contribution in [0.1, 0.15) is 65.4 Å². The third-order valence-electron chi connectivity index (χ3n) is 9.55. The van der Waals surface area contributed by atoms with E-state index in [1.165, 1.54) is 28.4 Å². The average Bonchev–Trinajstić information content (AvgIpc) is 3.94. The number of thiazole rings is 1. The number of alkyl halides is 3. The van der Waals surface area contributed by atoms with Crippen LogP contribution in [-0.4, -0.2) is 71.5 Å². The van der Waals surface area contributed by atoms with Crippen molar-refractivity contribution in [3.63, 3.8) is 0 Å². The maximum atomic E-state index is 14.5. The van der Waals surface area contributed by atoms with Crippen molar-refractivity contribution >= 4 is 55.0 Å². The van der Waals surface area contributed by atoms with E-state index in [-0.39, 0.29) is 31.0 Å². The Hall–Kier alpha value is -3.92. The number of halogens is 3. The first-order valence-electron chi connectivity index (χ1n) is 16.6. The summed E-state index contributed by atoms with van der Waals surface area (Å²) >= 11 is 1.31. The van der Waals surface area contributed by atoms with Crippen molar-refractivity contribution in [3.8, 4) is 5.19 Å². The molecule has 0 bridgehead atoms. The number of nitrogens with zero attached hydrogens (tertiary/aromatic N) is 2. The first-order valence-corrected chi connectivity index (χ1v) is 18.9. The molecule has 0 radical (unpaired) electrons. The van der Waals surface area contributed by atoms with E-state index in [0.29, 0.717) is 24.5 Å². The summed E-state index contributed by atoms with van der Waals surface area (Å²) in [6.07, 6.45) is -3.61. The number of rotatable bonds is 11. The molecule has 3 N–H and O–H groups in total. The average molecular weight is 736 g/mol. The Kier molecular flexibility index (Phi) is 9.33. The number of hydrogen-bond acceptors (Lipinski definition) is 9. The first-order chi connectivity index (χ1) is 23.4. The van der Waals surface area contributed by atoms with Gasteiger partial charge < -0.3 is 20.3 Å². The SMILES string of the molecule is CC[C@@H]1C[C@]1(NC(=O)[C@@H]1CC(Oc2nc3ccccc3s2)CN1C(=O)[C@@H](Nc1cccc(C(F)(F)F)c1)C(C)(C)C)C(=O)NS(=O)(=O)C1CC1. The Morgan fingerprint density at radius 3 is 2.44 bits per heavy atom. The van der Waals surface area contributed by atoms with E-state index < -0.39 is 73.9 Å². The topological polar surface area (TPSA) is 147 Å². The normalized spacial score (nSPS) is 24.5. The number of sulfonamides is 1. The molecule has 3 aliphatic rings. The van der Waals surface area contributed by atoms with E-state index in [0.717, 1.165) is 22.3 Å². The quantitative estimate of drug-likeness (QED) is 0.247. The number of likely N-dealkylation sites (tertiary alicyclic amines) is 1. The summed E-state index contributed by atoms with van der Waals surface area (Å²) < 4.78 is 75.1. The zero-order chi connectivity index (χ0) is 36.2. The maximum absolute atomic E-state index is 14.5. The molecule has 0 spiro atoms. The molecule has 3 amide bonds. The zero-order valence-electron chi connectivity index (χ0n) is 28.0. The van der Waals surface area contributed by atoms with Crippen LogP contribution >= 0.6 is 11.3 Å². The largest absolute Gasteiger partial charge is 0.465 e. The molecule has 16 heteroatoms. The smallest absolute Gasteiger partial charge is 0.416 e. The summed E-state index contributed by atoms with van der Waals surface area (Å²) in [5.74, 6) is -2.33. The second kappa shape index (κ2) is 13.0. The number of ether oxygens (including phenoxy) is 1. The van der Waals surface area contributed by atoms with Crippen LogP contribution < -0.4 is 20.1 Å². The molecule has 3 aromatic rings. The minimum atomic E-state index is -4.60. The number of fused-ring (bicyclic) bond motifs is 1. The third kappa shape index (κ3) is 7.41. The highest BCUT2D eigenvalue weighted by molar-refractivity contribution is 7.91. The van der Waals surface area contributed by atoms with Gasteiger partial charge in [0.2, 0.25) is 21.8 Å². The molecule has 270 valence electrons. The van der Waals surface area contributed by atoms with Crippen LogP contribution in [0.3, 0.4) is 0 Å². The van der Waals surface area contributed by atoms with Crippen molar-refractivity contribution in [2.45, 2.75) is 95.0 Å². The van der Waals surface area contributed by atoms with Gasteiger partial charge in [-0.05, 0) is 60.9 Å². The van der Waals surface area contributed by atoms with Crippen LogP contribution in [-0.2, 0) is 30.6 Å². The lowest BCUT2D eigenvalue weighted by Crippen LogP contribution is -2.58. The van der Waals surface area contributed by atoms with Crippen molar-refractivity contribution < 1.29 is 40.7 Å². The minimum Gasteiger partial charge on any atom is -0.465 e. The second-order valence-electron chi connectivity index (χ2n) is 14.4. The van der Waals surface area contributed by atoms with E-state index in [2.05, 4.69) is 20.3 Å². The fourth-order valence-corrected chi connectivity index (χ4v) is 8.73. The van der Waals surface area contributed by atoms with Crippen LogP contribution in [0, 0.1) is 11.3 Å². The van der Waals surface area contributed by atoms with Gasteiger partial charge in [0, 0.05) is 12.1 Å². The molecule has 2 aromatic carbocycles. The Morgan fingerprint density at radius 2 is 1.82 bits per heavy atom. The summed E-state index contributed by atoms with van der Waals surface area (Å²) in [5.41, 5.74) is -2.38. The molecule has 1 saturated heterocycles. The molecule has 11 nitrogen and oxygen atoms in total. The van der Waals surface area contributed by atoms with Gasteiger partial charge in [-0.15, -0.1) is 0 Å². The monoisotopic (exact) mass is 735 g/mol. The van der Waals surface area contributed by atoms with Crippen molar-refractivity contribution in [1.29, 1.82) is 0 Å². The summed E-state index contributed by atoms with van der Waals surface area (Å²) in [5, 5.41) is 5.50. The van der Waals surface area contributed by atoms with Gasteiger partial charge in [-0.2, -0.15) is 13.2 Å². The highest BCUT2D eigenvalue weighted by Gasteiger charge is 2.62. The number of carbonyl (C=O) groups is 3. The zero-order valence-corrected chi connectivity index (χ0v) is 29.7. The van der Waals surface area contributed by atoms with E-state index in [4.69, 9.17) is 4.74 Å². The molecule has 5 atom stereocenters. The van der Waals surface area contributed by atoms with E-state index in [9.17, 15) is 36.0 Å². The van der Waals surface area contributed by atoms with Gasteiger partial charge >= 0.3 is 6.18 Å². The number of anilines is 1. The summed E-state index contributed by atoms with van der Waals surface area (Å²) in [7, 11) is -3.88. The fraction of sp³-hybridized carbons (Fsp3) is 0.529. The van der Waals surface area contributed by atoms with Gasteiger partial charge in [0.1, 0.15) is 23.7 Å². The van der Waals surface area contributed by atoms with Crippen molar-refractivity contribution in [3.05, 3.63) is 54.1 Å². The molecule has 6 rings (SSSR count). The van der Waals surface area contributed by atoms with Crippen LogP contribution in [0.5, 0.6) is 5.19 Å². The molecule has 2 saturated carbocycles. The maximum Gasteiger partial charge on any atom is 0.416 e. The summed E-state index contributed by atoms with van der Waals surface area (Å²) in [6, 6.07) is 9.76. The molecule has 1 unspecified atom stereocenters. The van der Waals surface area contributed by atoms with Crippen LogP contribution in [0.2, 0.25) is 0 Å². The predicted octanol–water partition coefficient (Wildman–Crippen LogP) is 5.08. The Labute approximate surface area is 292 Å². The number of carbonyl (C=O) groups excluding carboxylic acids is 3. The van der Waals surface area contributed by atoms with Gasteiger partial charge in [0.05, 0.1) is 27.6 Å². The van der Waals surface area contributed by atoms with Crippen LogP contribution in [0.4, 0.5) is 18.9 Å². The lowest BCUT2D eigenvalue weighted by Gasteiger charge is -2.36. The Bertz CT molecular complexity index is 1880. The molecule has 3 fully saturated rings. The molecular formula is C34H40F3N5O6S2. The highest BCUT2D eigenvalue weighted by atomic mass is 32.2. The van der Waals surface area contributed by atoms with E-state index >= 15 is 0 Å². The van der Waals surface area contributed by atoms with Gasteiger partial charge in [-0.25, -0.2) is 13.4 Å². The number of aromatic nitrogens is 1. The van der Waals surface area contributed by atoms with Gasteiger partial charge in [0.25, 0.3) is 11.1 Å². The van der Waals surface area contributed by atoms with Crippen molar-refractivity contribution in [1.82, 2.24) is 19.9 Å². The highest BCUT2D eigenvalue weighted by Crippen LogP contribution is 2.47. The second-order valence-corrected chi connectivity index (χ2v) is 17.4. The number of para-hydroxylation sites is 1. The lowest BCUT2D eigenvalue weighted by molar-refractivity contribution is -0.141. The Morgan fingerprint density at radius 1 is 1.10 bits per heavy atom. The molecule has 1 aliphatic heterocycles.